The van der Waals surface area contributed by atoms with Gasteiger partial charge in [0.15, 0.2) is 5.96 Å². The molecule has 0 spiro atoms. The van der Waals surface area contributed by atoms with Gasteiger partial charge >= 0.3 is 0 Å². The number of carbonyl (C=O) groups is 1. The van der Waals surface area contributed by atoms with E-state index in [1.807, 2.05) is 35.2 Å². The van der Waals surface area contributed by atoms with Crippen LogP contribution in [-0.2, 0) is 11.2 Å². The van der Waals surface area contributed by atoms with Gasteiger partial charge in [-0.3, -0.25) is 9.79 Å². The summed E-state index contributed by atoms with van der Waals surface area (Å²) in [4.78, 5) is 25.4. The van der Waals surface area contributed by atoms with Crippen molar-refractivity contribution in [3.63, 3.8) is 0 Å². The van der Waals surface area contributed by atoms with E-state index in [2.05, 4.69) is 31.6 Å². The first-order valence-electron chi connectivity index (χ1n) is 9.86. The van der Waals surface area contributed by atoms with Crippen molar-refractivity contribution < 1.29 is 4.79 Å². The number of fused-ring (bicyclic) bond motifs is 1. The number of pyridine rings is 1. The smallest absolute Gasteiger partial charge is 0.246 e. The second-order valence-electron chi connectivity index (χ2n) is 7.23. The highest BCUT2D eigenvalue weighted by Crippen LogP contribution is 2.27. The van der Waals surface area contributed by atoms with Crippen LogP contribution in [0.1, 0.15) is 12.0 Å². The molecule has 0 bridgehead atoms. The van der Waals surface area contributed by atoms with Gasteiger partial charge in [0.05, 0.1) is 11.6 Å². The first kappa shape index (κ1) is 19.5. The van der Waals surface area contributed by atoms with Crippen molar-refractivity contribution >= 4 is 35.0 Å². The summed E-state index contributed by atoms with van der Waals surface area (Å²) in [6, 6.07) is 12.0. The molecule has 0 aliphatic carbocycles. The standard InChI is InChI=1S/C21H25ClN6O/c1-23-21(25-13-19(29)28-12-8-15-5-2-3-7-18(15)28)26-16-9-11-27(14-16)20-17(22)6-4-10-24-20/h2-7,10,16H,8-9,11-14H2,1H3,(H2,23,25,26). The topological polar surface area (TPSA) is 72.9 Å². The molecular weight excluding hydrogens is 388 g/mol. The predicted octanol–water partition coefficient (Wildman–Crippen LogP) is 2.07. The fraction of sp³-hybridized carbons (Fsp3) is 0.381. The Bertz CT molecular complexity index is 918. The molecule has 29 heavy (non-hydrogen) atoms. The molecule has 152 valence electrons. The Morgan fingerprint density at radius 1 is 1.28 bits per heavy atom. The normalized spacial score (nSPS) is 18.7. The molecule has 1 fully saturated rings. The molecule has 1 aromatic carbocycles. The van der Waals surface area contributed by atoms with Crippen LogP contribution in [0, 0.1) is 0 Å². The lowest BCUT2D eigenvalue weighted by molar-refractivity contribution is -0.117. The number of nitrogens with one attached hydrogen (secondary N) is 2. The molecule has 1 amide bonds. The Morgan fingerprint density at radius 2 is 2.14 bits per heavy atom. The first-order chi connectivity index (χ1) is 14.2. The van der Waals surface area contributed by atoms with Crippen molar-refractivity contribution in [3.8, 4) is 0 Å². The van der Waals surface area contributed by atoms with Crippen LogP contribution in [0.4, 0.5) is 11.5 Å². The van der Waals surface area contributed by atoms with E-state index in [4.69, 9.17) is 11.6 Å². The van der Waals surface area contributed by atoms with Crippen LogP contribution in [0.3, 0.4) is 0 Å². The number of hydrogen-bond donors (Lipinski definition) is 2. The summed E-state index contributed by atoms with van der Waals surface area (Å²) in [6.45, 7) is 2.59. The van der Waals surface area contributed by atoms with Crippen molar-refractivity contribution in [3.05, 3.63) is 53.2 Å². The van der Waals surface area contributed by atoms with Gasteiger partial charge < -0.3 is 20.4 Å². The molecule has 4 rings (SSSR count). The number of hydrogen-bond acceptors (Lipinski definition) is 4. The van der Waals surface area contributed by atoms with Crippen LogP contribution < -0.4 is 20.4 Å². The van der Waals surface area contributed by atoms with E-state index in [0.29, 0.717) is 11.0 Å². The zero-order chi connectivity index (χ0) is 20.2. The van der Waals surface area contributed by atoms with Crippen molar-refractivity contribution in [1.29, 1.82) is 0 Å². The van der Waals surface area contributed by atoms with Gasteiger partial charge in [0.25, 0.3) is 0 Å². The minimum absolute atomic E-state index is 0.0474. The fourth-order valence-electron chi connectivity index (χ4n) is 3.92. The van der Waals surface area contributed by atoms with Gasteiger partial charge in [-0.05, 0) is 36.6 Å². The number of carbonyl (C=O) groups excluding carboxylic acids is 1. The minimum Gasteiger partial charge on any atom is -0.353 e. The lowest BCUT2D eigenvalue weighted by Gasteiger charge is -2.21. The third kappa shape index (κ3) is 4.29. The summed E-state index contributed by atoms with van der Waals surface area (Å²) in [6.07, 6.45) is 3.61. The maximum Gasteiger partial charge on any atom is 0.246 e. The second kappa shape index (κ2) is 8.69. The van der Waals surface area contributed by atoms with Gasteiger partial charge in [-0.1, -0.05) is 29.8 Å². The van der Waals surface area contributed by atoms with E-state index in [-0.39, 0.29) is 18.5 Å². The summed E-state index contributed by atoms with van der Waals surface area (Å²) in [5, 5.41) is 7.22. The Kier molecular flexibility index (Phi) is 5.85. The molecule has 7 nitrogen and oxygen atoms in total. The maximum absolute atomic E-state index is 12.7. The SMILES string of the molecule is CN=C(NCC(=O)N1CCc2ccccc21)NC1CCN(c2ncccc2Cl)C1. The zero-order valence-corrected chi connectivity index (χ0v) is 17.2. The van der Waals surface area contributed by atoms with Crippen molar-refractivity contribution in [2.75, 3.05) is 43.0 Å². The molecule has 1 saturated heterocycles. The first-order valence-corrected chi connectivity index (χ1v) is 10.2. The largest absolute Gasteiger partial charge is 0.353 e. The number of rotatable bonds is 4. The highest BCUT2D eigenvalue weighted by Gasteiger charge is 2.27. The molecule has 1 atom stereocenters. The average Bonchev–Trinajstić information content (AvgIpc) is 3.38. The number of aliphatic imine (C=N–C) groups is 1. The Morgan fingerprint density at radius 3 is 2.97 bits per heavy atom. The predicted molar refractivity (Wildman–Crippen MR) is 117 cm³/mol. The van der Waals surface area contributed by atoms with E-state index in [1.165, 1.54) is 5.56 Å². The third-order valence-electron chi connectivity index (χ3n) is 5.39. The van der Waals surface area contributed by atoms with Gasteiger partial charge in [0.2, 0.25) is 5.91 Å². The average molecular weight is 413 g/mol. The zero-order valence-electron chi connectivity index (χ0n) is 16.4. The number of guanidine groups is 1. The van der Waals surface area contributed by atoms with E-state index < -0.39 is 0 Å². The van der Waals surface area contributed by atoms with Gasteiger partial charge in [-0.15, -0.1) is 0 Å². The van der Waals surface area contributed by atoms with Crippen molar-refractivity contribution in [2.24, 2.45) is 4.99 Å². The van der Waals surface area contributed by atoms with E-state index in [9.17, 15) is 4.79 Å². The summed E-state index contributed by atoms with van der Waals surface area (Å²) in [7, 11) is 1.72. The third-order valence-corrected chi connectivity index (χ3v) is 5.68. The van der Waals surface area contributed by atoms with Crippen molar-refractivity contribution in [1.82, 2.24) is 15.6 Å². The van der Waals surface area contributed by atoms with Crippen LogP contribution in [0.5, 0.6) is 0 Å². The molecule has 3 heterocycles. The van der Waals surface area contributed by atoms with Gasteiger partial charge in [-0.2, -0.15) is 0 Å². The number of aromatic nitrogens is 1. The van der Waals surface area contributed by atoms with Crippen LogP contribution in [0.2, 0.25) is 5.02 Å². The Hall–Kier alpha value is -2.80. The number of benzene rings is 1. The number of nitrogens with zero attached hydrogens (tertiary/aromatic N) is 4. The lowest BCUT2D eigenvalue weighted by Crippen LogP contribution is -2.48. The van der Waals surface area contributed by atoms with Crippen molar-refractivity contribution in [2.45, 2.75) is 18.9 Å². The molecule has 2 aliphatic heterocycles. The number of para-hydroxylation sites is 1. The molecule has 0 radical (unpaired) electrons. The summed E-state index contributed by atoms with van der Waals surface area (Å²) >= 11 is 6.26. The summed E-state index contributed by atoms with van der Waals surface area (Å²) < 4.78 is 0. The summed E-state index contributed by atoms with van der Waals surface area (Å²) in [5.41, 5.74) is 2.24. The van der Waals surface area contributed by atoms with Gasteiger partial charge in [0, 0.05) is 44.6 Å². The minimum atomic E-state index is 0.0474. The van der Waals surface area contributed by atoms with Gasteiger partial charge in [-0.25, -0.2) is 4.98 Å². The molecule has 8 heteroatoms. The number of halogens is 1. The van der Waals surface area contributed by atoms with Crippen LogP contribution in [0.25, 0.3) is 0 Å². The highest BCUT2D eigenvalue weighted by molar-refractivity contribution is 6.32. The van der Waals surface area contributed by atoms with Crippen LogP contribution in [-0.4, -0.2) is 56.1 Å². The molecule has 1 aromatic heterocycles. The van der Waals surface area contributed by atoms with Crippen LogP contribution >= 0.6 is 11.6 Å². The highest BCUT2D eigenvalue weighted by atomic mass is 35.5. The molecule has 2 aliphatic rings. The van der Waals surface area contributed by atoms with E-state index in [1.54, 1.807) is 13.2 Å². The molecule has 2 N–H and O–H groups in total. The van der Waals surface area contributed by atoms with Crippen LogP contribution in [0.15, 0.2) is 47.6 Å². The summed E-state index contributed by atoms with van der Waals surface area (Å²) in [5.74, 6) is 1.49. The molecular formula is C21H25ClN6O. The molecule has 0 saturated carbocycles. The Labute approximate surface area is 175 Å². The number of anilines is 2. The van der Waals surface area contributed by atoms with Gasteiger partial charge in [0.1, 0.15) is 5.82 Å². The molecule has 1 unspecified atom stereocenters. The van der Waals surface area contributed by atoms with E-state index >= 15 is 0 Å². The lowest BCUT2D eigenvalue weighted by atomic mass is 10.2. The maximum atomic E-state index is 12.7. The fourth-order valence-corrected chi connectivity index (χ4v) is 4.16. The Balaban J connectivity index is 1.30. The monoisotopic (exact) mass is 412 g/mol. The molecule has 2 aromatic rings. The number of amides is 1. The quantitative estimate of drug-likeness (QED) is 0.594. The second-order valence-corrected chi connectivity index (χ2v) is 7.64. The van der Waals surface area contributed by atoms with E-state index in [0.717, 1.165) is 44.0 Å².